The second kappa shape index (κ2) is 8.61. The first-order valence-corrected chi connectivity index (χ1v) is 10.3. The van der Waals surface area contributed by atoms with Gasteiger partial charge in [-0.1, -0.05) is 25.1 Å². The van der Waals surface area contributed by atoms with Gasteiger partial charge in [0.15, 0.2) is 0 Å². The predicted molar refractivity (Wildman–Crippen MR) is 116 cm³/mol. The minimum absolute atomic E-state index is 0.0203. The van der Waals surface area contributed by atoms with Crippen molar-refractivity contribution in [1.82, 2.24) is 14.5 Å². The summed E-state index contributed by atoms with van der Waals surface area (Å²) in [5.74, 6) is 1.97. The minimum Gasteiger partial charge on any atom is -0.495 e. The van der Waals surface area contributed by atoms with E-state index in [0.29, 0.717) is 36.9 Å². The Morgan fingerprint density at radius 1 is 1.17 bits per heavy atom. The number of methoxy groups -OCH3 is 1. The monoisotopic (exact) mass is 405 g/mol. The number of para-hydroxylation sites is 1. The molecule has 0 saturated carbocycles. The summed E-state index contributed by atoms with van der Waals surface area (Å²) in [5.41, 5.74) is 3.62. The Balaban J connectivity index is 1.37. The van der Waals surface area contributed by atoms with E-state index in [2.05, 4.69) is 18.0 Å². The van der Waals surface area contributed by atoms with Crippen molar-refractivity contribution in [3.8, 4) is 17.2 Å². The van der Waals surface area contributed by atoms with Gasteiger partial charge in [-0.25, -0.2) is 4.98 Å². The predicted octanol–water partition coefficient (Wildman–Crippen LogP) is 3.90. The highest BCUT2D eigenvalue weighted by Crippen LogP contribution is 2.27. The fourth-order valence-electron chi connectivity index (χ4n) is 3.74. The van der Waals surface area contributed by atoms with E-state index in [1.165, 1.54) is 5.56 Å². The smallest absolute Gasteiger partial charge is 0.254 e. The number of aryl methyl sites for hydroxylation is 2. The molecule has 6 nitrogen and oxygen atoms in total. The Kier molecular flexibility index (Phi) is 5.74. The Hall–Kier alpha value is -3.28. The molecule has 2 aromatic carbocycles. The van der Waals surface area contributed by atoms with E-state index in [1.54, 1.807) is 19.5 Å². The highest BCUT2D eigenvalue weighted by Gasteiger charge is 2.32. The van der Waals surface area contributed by atoms with Crippen molar-refractivity contribution in [2.24, 2.45) is 5.92 Å². The molecule has 0 aliphatic carbocycles. The molecule has 156 valence electrons. The number of ether oxygens (including phenoxy) is 2. The number of amides is 1. The van der Waals surface area contributed by atoms with E-state index in [1.807, 2.05) is 52.9 Å². The zero-order chi connectivity index (χ0) is 21.1. The van der Waals surface area contributed by atoms with Crippen molar-refractivity contribution >= 4 is 5.91 Å². The summed E-state index contributed by atoms with van der Waals surface area (Å²) in [6, 6.07) is 13.7. The molecule has 6 heteroatoms. The van der Waals surface area contributed by atoms with Crippen LogP contribution in [0.1, 0.15) is 28.5 Å². The molecule has 0 bridgehead atoms. The standard InChI is InChI=1S/C24H27N3O3/c1-4-19-7-5-6-8-22(19)30-15-18-13-26(14-18)24(28)20-9-10-21(23(11-20)29-3)27-12-17(2)25-16-27/h5-12,16,18H,4,13-15H2,1-3H3. The third-order valence-corrected chi connectivity index (χ3v) is 5.49. The second-order valence-corrected chi connectivity index (χ2v) is 7.66. The largest absolute Gasteiger partial charge is 0.495 e. The van der Waals surface area contributed by atoms with Gasteiger partial charge in [0, 0.05) is 30.8 Å². The fourth-order valence-corrected chi connectivity index (χ4v) is 3.74. The highest BCUT2D eigenvalue weighted by atomic mass is 16.5. The van der Waals surface area contributed by atoms with Crippen molar-refractivity contribution in [3.05, 3.63) is 71.8 Å². The minimum atomic E-state index is 0.0203. The summed E-state index contributed by atoms with van der Waals surface area (Å²) in [4.78, 5) is 19.0. The van der Waals surface area contributed by atoms with Crippen LogP contribution < -0.4 is 9.47 Å². The number of nitrogens with zero attached hydrogens (tertiary/aromatic N) is 3. The van der Waals surface area contributed by atoms with E-state index in [0.717, 1.165) is 23.6 Å². The van der Waals surface area contributed by atoms with Gasteiger partial charge in [-0.05, 0) is 43.2 Å². The molecule has 0 spiro atoms. The quantitative estimate of drug-likeness (QED) is 0.598. The summed E-state index contributed by atoms with van der Waals surface area (Å²) in [6.45, 7) is 6.10. The summed E-state index contributed by atoms with van der Waals surface area (Å²) in [5, 5.41) is 0. The molecule has 30 heavy (non-hydrogen) atoms. The molecule has 1 saturated heterocycles. The van der Waals surface area contributed by atoms with Crippen LogP contribution in [0.5, 0.6) is 11.5 Å². The number of imidazole rings is 1. The van der Waals surface area contributed by atoms with Gasteiger partial charge in [-0.2, -0.15) is 0 Å². The van der Waals surface area contributed by atoms with Crippen molar-refractivity contribution in [2.75, 3.05) is 26.8 Å². The molecule has 0 atom stereocenters. The number of hydrogen-bond acceptors (Lipinski definition) is 4. The summed E-state index contributed by atoms with van der Waals surface area (Å²) in [6.07, 6.45) is 4.61. The molecule has 1 fully saturated rings. The second-order valence-electron chi connectivity index (χ2n) is 7.66. The Morgan fingerprint density at radius 3 is 2.67 bits per heavy atom. The number of carbonyl (C=O) groups excluding carboxylic acids is 1. The van der Waals surface area contributed by atoms with Crippen LogP contribution in [0.3, 0.4) is 0 Å². The zero-order valence-electron chi connectivity index (χ0n) is 17.7. The number of rotatable bonds is 7. The van der Waals surface area contributed by atoms with Crippen LogP contribution in [-0.2, 0) is 6.42 Å². The molecule has 4 rings (SSSR count). The van der Waals surface area contributed by atoms with Crippen molar-refractivity contribution < 1.29 is 14.3 Å². The van der Waals surface area contributed by atoms with Gasteiger partial charge < -0.3 is 18.9 Å². The van der Waals surface area contributed by atoms with Crippen LogP contribution in [0, 0.1) is 12.8 Å². The number of carbonyl (C=O) groups is 1. The maximum absolute atomic E-state index is 12.9. The lowest BCUT2D eigenvalue weighted by atomic mass is 9.99. The lowest BCUT2D eigenvalue weighted by Gasteiger charge is -2.39. The van der Waals surface area contributed by atoms with E-state index in [-0.39, 0.29) is 5.91 Å². The van der Waals surface area contributed by atoms with E-state index < -0.39 is 0 Å². The highest BCUT2D eigenvalue weighted by molar-refractivity contribution is 5.95. The molecule has 0 N–H and O–H groups in total. The van der Waals surface area contributed by atoms with E-state index >= 15 is 0 Å². The number of likely N-dealkylation sites (tertiary alicyclic amines) is 1. The summed E-state index contributed by atoms with van der Waals surface area (Å²) >= 11 is 0. The Morgan fingerprint density at radius 2 is 1.97 bits per heavy atom. The van der Waals surface area contributed by atoms with Crippen LogP contribution in [0.4, 0.5) is 0 Å². The fraction of sp³-hybridized carbons (Fsp3) is 0.333. The van der Waals surface area contributed by atoms with E-state index in [9.17, 15) is 4.79 Å². The first-order valence-electron chi connectivity index (χ1n) is 10.3. The van der Waals surface area contributed by atoms with Crippen LogP contribution in [-0.4, -0.2) is 47.2 Å². The topological polar surface area (TPSA) is 56.6 Å². The lowest BCUT2D eigenvalue weighted by molar-refractivity contribution is 0.0392. The summed E-state index contributed by atoms with van der Waals surface area (Å²) < 4.78 is 13.4. The van der Waals surface area contributed by atoms with Crippen molar-refractivity contribution in [1.29, 1.82) is 0 Å². The molecule has 1 aromatic heterocycles. The maximum atomic E-state index is 12.9. The van der Waals surface area contributed by atoms with Gasteiger partial charge in [0.05, 0.1) is 31.4 Å². The van der Waals surface area contributed by atoms with Gasteiger partial charge in [0.2, 0.25) is 0 Å². The first-order chi connectivity index (χ1) is 14.6. The third kappa shape index (κ3) is 4.03. The van der Waals surface area contributed by atoms with Crippen LogP contribution in [0.2, 0.25) is 0 Å². The normalized spacial score (nSPS) is 13.8. The first kappa shape index (κ1) is 20.0. The number of hydrogen-bond donors (Lipinski definition) is 0. The molecular weight excluding hydrogens is 378 g/mol. The van der Waals surface area contributed by atoms with E-state index in [4.69, 9.17) is 9.47 Å². The molecule has 1 amide bonds. The van der Waals surface area contributed by atoms with Gasteiger partial charge in [-0.15, -0.1) is 0 Å². The van der Waals surface area contributed by atoms with Gasteiger partial charge >= 0.3 is 0 Å². The third-order valence-electron chi connectivity index (χ3n) is 5.49. The van der Waals surface area contributed by atoms with Gasteiger partial charge in [0.25, 0.3) is 5.91 Å². The number of benzene rings is 2. The zero-order valence-corrected chi connectivity index (χ0v) is 17.7. The maximum Gasteiger partial charge on any atom is 0.254 e. The van der Waals surface area contributed by atoms with Crippen LogP contribution >= 0.6 is 0 Å². The molecule has 3 aromatic rings. The SMILES string of the molecule is CCc1ccccc1OCC1CN(C(=O)c2ccc(-n3cnc(C)c3)c(OC)c2)C1. The van der Waals surface area contributed by atoms with Crippen molar-refractivity contribution in [2.45, 2.75) is 20.3 Å². The molecular formula is C24H27N3O3. The van der Waals surface area contributed by atoms with Crippen LogP contribution in [0.25, 0.3) is 5.69 Å². The van der Waals surface area contributed by atoms with Gasteiger partial charge in [0.1, 0.15) is 11.5 Å². The Labute approximate surface area is 177 Å². The average Bonchev–Trinajstić information content (AvgIpc) is 3.18. The molecule has 1 aliphatic rings. The summed E-state index contributed by atoms with van der Waals surface area (Å²) in [7, 11) is 1.61. The lowest BCUT2D eigenvalue weighted by Crippen LogP contribution is -2.52. The van der Waals surface area contributed by atoms with Crippen LogP contribution in [0.15, 0.2) is 55.0 Å². The molecule has 2 heterocycles. The van der Waals surface area contributed by atoms with Crippen molar-refractivity contribution in [3.63, 3.8) is 0 Å². The van der Waals surface area contributed by atoms with Gasteiger partial charge in [-0.3, -0.25) is 4.79 Å². The molecule has 1 aliphatic heterocycles. The molecule has 0 unspecified atom stereocenters. The molecule has 0 radical (unpaired) electrons. The Bertz CT molecular complexity index is 1040. The average molecular weight is 405 g/mol. The number of aromatic nitrogens is 2.